The number of benzene rings is 1. The zero-order valence-corrected chi connectivity index (χ0v) is 9.46. The largest absolute Gasteiger partial charge is 0.371 e. The summed E-state index contributed by atoms with van der Waals surface area (Å²) in [6.45, 7) is 6.25. The molecule has 0 bridgehead atoms. The SMILES string of the molecule is CCCN(CC)c1cccc(F)c1CN. The van der Waals surface area contributed by atoms with Crippen LogP contribution < -0.4 is 10.6 Å². The maximum absolute atomic E-state index is 13.5. The molecule has 2 N–H and O–H groups in total. The van der Waals surface area contributed by atoms with Gasteiger partial charge in [-0.1, -0.05) is 13.0 Å². The molecule has 3 heteroatoms. The summed E-state index contributed by atoms with van der Waals surface area (Å²) in [5.41, 5.74) is 7.12. The molecular formula is C12H19FN2. The molecule has 84 valence electrons. The van der Waals surface area contributed by atoms with Gasteiger partial charge in [0.2, 0.25) is 0 Å². The van der Waals surface area contributed by atoms with Crippen molar-refractivity contribution in [3.63, 3.8) is 0 Å². The van der Waals surface area contributed by atoms with Crippen LogP contribution >= 0.6 is 0 Å². The molecule has 1 aromatic rings. The molecule has 1 rings (SSSR count). The van der Waals surface area contributed by atoms with E-state index in [-0.39, 0.29) is 12.4 Å². The third kappa shape index (κ3) is 2.69. The van der Waals surface area contributed by atoms with Crippen molar-refractivity contribution in [3.05, 3.63) is 29.6 Å². The van der Waals surface area contributed by atoms with Crippen LogP contribution in [0, 0.1) is 5.82 Å². The summed E-state index contributed by atoms with van der Waals surface area (Å²) in [6, 6.07) is 5.14. The summed E-state index contributed by atoms with van der Waals surface area (Å²) < 4.78 is 13.5. The van der Waals surface area contributed by atoms with E-state index in [0.29, 0.717) is 5.56 Å². The lowest BCUT2D eigenvalue weighted by Gasteiger charge is -2.25. The van der Waals surface area contributed by atoms with E-state index in [4.69, 9.17) is 5.73 Å². The number of hydrogen-bond acceptors (Lipinski definition) is 2. The predicted molar refractivity (Wildman–Crippen MR) is 62.5 cm³/mol. The quantitative estimate of drug-likeness (QED) is 0.809. The zero-order chi connectivity index (χ0) is 11.3. The van der Waals surface area contributed by atoms with E-state index in [2.05, 4.69) is 18.7 Å². The molecule has 0 saturated heterocycles. The van der Waals surface area contributed by atoms with Crippen LogP contribution in [0.5, 0.6) is 0 Å². The normalized spacial score (nSPS) is 10.4. The Morgan fingerprint density at radius 1 is 1.33 bits per heavy atom. The first-order valence-electron chi connectivity index (χ1n) is 5.47. The van der Waals surface area contributed by atoms with Crippen molar-refractivity contribution in [1.82, 2.24) is 0 Å². The Morgan fingerprint density at radius 3 is 2.60 bits per heavy atom. The van der Waals surface area contributed by atoms with Crippen LogP contribution in [0.25, 0.3) is 0 Å². The number of rotatable bonds is 5. The van der Waals surface area contributed by atoms with Crippen molar-refractivity contribution >= 4 is 5.69 Å². The first kappa shape index (κ1) is 12.0. The number of hydrogen-bond donors (Lipinski definition) is 1. The number of nitrogens with two attached hydrogens (primary N) is 1. The Bertz CT molecular complexity index is 312. The smallest absolute Gasteiger partial charge is 0.129 e. The summed E-state index contributed by atoms with van der Waals surface area (Å²) in [6.07, 6.45) is 1.05. The molecule has 0 fully saturated rings. The van der Waals surface area contributed by atoms with Gasteiger partial charge < -0.3 is 10.6 Å². The second-order valence-electron chi connectivity index (χ2n) is 3.52. The fourth-order valence-corrected chi connectivity index (χ4v) is 1.76. The zero-order valence-electron chi connectivity index (χ0n) is 9.46. The number of nitrogens with zero attached hydrogens (tertiary/aromatic N) is 1. The van der Waals surface area contributed by atoms with Gasteiger partial charge in [0.15, 0.2) is 0 Å². The average Bonchev–Trinajstić information content (AvgIpc) is 2.25. The molecule has 0 unspecified atom stereocenters. The van der Waals surface area contributed by atoms with Crippen LogP contribution in [0.2, 0.25) is 0 Å². The second kappa shape index (κ2) is 5.71. The molecule has 2 nitrogen and oxygen atoms in total. The fraction of sp³-hybridized carbons (Fsp3) is 0.500. The molecule has 1 aromatic carbocycles. The van der Waals surface area contributed by atoms with Gasteiger partial charge in [-0.05, 0) is 25.5 Å². The molecule has 15 heavy (non-hydrogen) atoms. The van der Waals surface area contributed by atoms with E-state index in [1.165, 1.54) is 6.07 Å². The van der Waals surface area contributed by atoms with Gasteiger partial charge in [-0.25, -0.2) is 4.39 Å². The maximum atomic E-state index is 13.5. The molecule has 0 aliphatic heterocycles. The first-order chi connectivity index (χ1) is 7.24. The molecule has 0 atom stereocenters. The molecule has 0 amide bonds. The monoisotopic (exact) mass is 210 g/mol. The highest BCUT2D eigenvalue weighted by Gasteiger charge is 2.11. The van der Waals surface area contributed by atoms with Gasteiger partial charge in [0.25, 0.3) is 0 Å². The maximum Gasteiger partial charge on any atom is 0.129 e. The molecule has 0 radical (unpaired) electrons. The van der Waals surface area contributed by atoms with Gasteiger partial charge in [0, 0.05) is 30.9 Å². The summed E-state index contributed by atoms with van der Waals surface area (Å²) in [7, 11) is 0. The molecule has 0 aromatic heterocycles. The topological polar surface area (TPSA) is 29.3 Å². The van der Waals surface area contributed by atoms with Crippen molar-refractivity contribution in [2.24, 2.45) is 5.73 Å². The van der Waals surface area contributed by atoms with Crippen LogP contribution in [0.4, 0.5) is 10.1 Å². The van der Waals surface area contributed by atoms with Crippen molar-refractivity contribution in [2.45, 2.75) is 26.8 Å². The van der Waals surface area contributed by atoms with Gasteiger partial charge >= 0.3 is 0 Å². The Kier molecular flexibility index (Phi) is 4.56. The van der Waals surface area contributed by atoms with Crippen LogP contribution in [0.1, 0.15) is 25.8 Å². The van der Waals surface area contributed by atoms with E-state index in [9.17, 15) is 4.39 Å². The fourth-order valence-electron chi connectivity index (χ4n) is 1.76. The number of halogens is 1. The van der Waals surface area contributed by atoms with Crippen LogP contribution in [-0.4, -0.2) is 13.1 Å². The Hall–Kier alpha value is -1.09. The molecule has 0 aliphatic carbocycles. The van der Waals surface area contributed by atoms with Crippen LogP contribution in [-0.2, 0) is 6.54 Å². The van der Waals surface area contributed by atoms with E-state index in [1.807, 2.05) is 6.07 Å². The molecule has 0 aliphatic rings. The molecule has 0 saturated carbocycles. The molecular weight excluding hydrogens is 191 g/mol. The summed E-state index contributed by atoms with van der Waals surface area (Å²) in [5, 5.41) is 0. The first-order valence-corrected chi connectivity index (χ1v) is 5.47. The van der Waals surface area contributed by atoms with Crippen molar-refractivity contribution < 1.29 is 4.39 Å². The highest BCUT2D eigenvalue weighted by atomic mass is 19.1. The van der Waals surface area contributed by atoms with Gasteiger partial charge in [0.05, 0.1) is 0 Å². The Labute approximate surface area is 90.9 Å². The molecule has 0 spiro atoms. The number of anilines is 1. The Balaban J connectivity index is 3.04. The lowest BCUT2D eigenvalue weighted by molar-refractivity contribution is 0.608. The lowest BCUT2D eigenvalue weighted by atomic mass is 10.1. The van der Waals surface area contributed by atoms with Crippen LogP contribution in [0.3, 0.4) is 0 Å². The van der Waals surface area contributed by atoms with Crippen molar-refractivity contribution in [2.75, 3.05) is 18.0 Å². The average molecular weight is 210 g/mol. The van der Waals surface area contributed by atoms with Gasteiger partial charge in [-0.2, -0.15) is 0 Å². The minimum Gasteiger partial charge on any atom is -0.371 e. The second-order valence-corrected chi connectivity index (χ2v) is 3.52. The van der Waals surface area contributed by atoms with E-state index in [1.54, 1.807) is 6.07 Å². The van der Waals surface area contributed by atoms with E-state index < -0.39 is 0 Å². The third-order valence-corrected chi connectivity index (χ3v) is 2.51. The van der Waals surface area contributed by atoms with Gasteiger partial charge in [-0.3, -0.25) is 0 Å². The Morgan fingerprint density at radius 2 is 2.07 bits per heavy atom. The predicted octanol–water partition coefficient (Wildman–Crippen LogP) is 2.52. The lowest BCUT2D eigenvalue weighted by Crippen LogP contribution is -2.25. The minimum absolute atomic E-state index is 0.204. The van der Waals surface area contributed by atoms with E-state index in [0.717, 1.165) is 25.2 Å². The van der Waals surface area contributed by atoms with Crippen LogP contribution in [0.15, 0.2) is 18.2 Å². The highest BCUT2D eigenvalue weighted by molar-refractivity contribution is 5.54. The van der Waals surface area contributed by atoms with Crippen molar-refractivity contribution in [1.29, 1.82) is 0 Å². The molecule has 0 heterocycles. The van der Waals surface area contributed by atoms with E-state index >= 15 is 0 Å². The van der Waals surface area contributed by atoms with Gasteiger partial charge in [-0.15, -0.1) is 0 Å². The summed E-state index contributed by atoms with van der Waals surface area (Å²) >= 11 is 0. The standard InChI is InChI=1S/C12H19FN2/c1-3-8-15(4-2)12-7-5-6-11(13)10(12)9-14/h5-7H,3-4,8-9,14H2,1-2H3. The minimum atomic E-state index is -0.204. The van der Waals surface area contributed by atoms with Crippen molar-refractivity contribution in [3.8, 4) is 0 Å². The third-order valence-electron chi connectivity index (χ3n) is 2.51. The summed E-state index contributed by atoms with van der Waals surface area (Å²) in [4.78, 5) is 2.16. The highest BCUT2D eigenvalue weighted by Crippen LogP contribution is 2.22. The summed E-state index contributed by atoms with van der Waals surface area (Å²) in [5.74, 6) is -0.204. The van der Waals surface area contributed by atoms with Gasteiger partial charge in [0.1, 0.15) is 5.82 Å².